The average Bonchev–Trinajstić information content (AvgIpc) is 1.86. The molecular formula is C4H5F3NO2P. The van der Waals surface area contributed by atoms with E-state index in [2.05, 4.69) is 4.52 Å². The Kier molecular flexibility index (Phi) is 3.56. The molecule has 0 aromatic heterocycles. The van der Waals surface area contributed by atoms with Gasteiger partial charge < -0.3 is 4.52 Å². The van der Waals surface area contributed by atoms with E-state index in [0.29, 0.717) is 0 Å². The Morgan fingerprint density at radius 1 is 1.64 bits per heavy atom. The summed E-state index contributed by atoms with van der Waals surface area (Å²) in [6.45, 7) is 0. The molecule has 2 unspecified atom stereocenters. The Bertz CT molecular complexity index is 196. The van der Waals surface area contributed by atoms with Gasteiger partial charge in [0.2, 0.25) is 13.7 Å². The maximum atomic E-state index is 11.7. The zero-order valence-corrected chi connectivity index (χ0v) is 6.47. The number of nitriles is 1. The fourth-order valence-electron chi connectivity index (χ4n) is 0.377. The van der Waals surface area contributed by atoms with Crippen LogP contribution in [0.25, 0.3) is 0 Å². The van der Waals surface area contributed by atoms with Crippen molar-refractivity contribution < 1.29 is 22.3 Å². The molecule has 0 N–H and O–H groups in total. The first kappa shape index (κ1) is 10.5. The molecule has 0 bridgehead atoms. The van der Waals surface area contributed by atoms with E-state index in [-0.39, 0.29) is 0 Å². The monoisotopic (exact) mass is 187 g/mol. The summed E-state index contributed by atoms with van der Waals surface area (Å²) in [5.41, 5.74) is -2.49. The Morgan fingerprint density at radius 2 is 2.09 bits per heavy atom. The minimum Gasteiger partial charge on any atom is -0.333 e. The van der Waals surface area contributed by atoms with Crippen molar-refractivity contribution in [3.63, 3.8) is 0 Å². The normalized spacial score (nSPS) is 17.0. The van der Waals surface area contributed by atoms with E-state index < -0.39 is 19.9 Å². The van der Waals surface area contributed by atoms with Gasteiger partial charge in [0.1, 0.15) is 0 Å². The number of hydrogen-bond donors (Lipinski definition) is 0. The lowest BCUT2D eigenvalue weighted by Crippen LogP contribution is -2.23. The molecule has 11 heavy (non-hydrogen) atoms. The van der Waals surface area contributed by atoms with Gasteiger partial charge >= 0.3 is 6.18 Å². The van der Waals surface area contributed by atoms with Crippen LogP contribution in [0.1, 0.15) is 0 Å². The van der Waals surface area contributed by atoms with Crippen molar-refractivity contribution in [2.75, 3.05) is 7.11 Å². The van der Waals surface area contributed by atoms with Gasteiger partial charge in [0.05, 0.1) is 6.07 Å². The van der Waals surface area contributed by atoms with Gasteiger partial charge in [0.25, 0.3) is 0 Å². The molecule has 0 aliphatic heterocycles. The Hall–Kier alpha value is -0.530. The summed E-state index contributed by atoms with van der Waals surface area (Å²) in [6.07, 6.45) is -4.76. The van der Waals surface area contributed by atoms with Crippen molar-refractivity contribution in [3.05, 3.63) is 0 Å². The third-order valence-corrected chi connectivity index (χ3v) is 2.22. The van der Waals surface area contributed by atoms with Crippen LogP contribution in [-0.4, -0.2) is 18.9 Å². The second kappa shape index (κ2) is 3.74. The minimum absolute atomic E-state index is 0.872. The number of hydrogen-bond acceptors (Lipinski definition) is 3. The van der Waals surface area contributed by atoms with Gasteiger partial charge in [-0.1, -0.05) is 0 Å². The molecular weight excluding hydrogens is 182 g/mol. The number of rotatable bonds is 2. The summed E-state index contributed by atoms with van der Waals surface area (Å²) in [5.74, 6) is 0. The largest absolute Gasteiger partial charge is 0.413 e. The van der Waals surface area contributed by atoms with E-state index in [9.17, 15) is 17.7 Å². The standard InChI is InChI=1S/C4H5F3NO2P/c1-10-11(9)3(2-8)4(5,6)7/h3,11H,1H3. The maximum absolute atomic E-state index is 11.7. The first-order chi connectivity index (χ1) is 4.93. The first-order valence-electron chi connectivity index (χ1n) is 2.47. The van der Waals surface area contributed by atoms with E-state index in [0.717, 1.165) is 13.2 Å². The zero-order valence-electron chi connectivity index (χ0n) is 5.47. The van der Waals surface area contributed by atoms with E-state index in [1.807, 2.05) is 0 Å². The summed E-state index contributed by atoms with van der Waals surface area (Å²) < 4.78 is 49.4. The van der Waals surface area contributed by atoms with Gasteiger partial charge in [-0.15, -0.1) is 0 Å². The summed E-state index contributed by atoms with van der Waals surface area (Å²) in [6, 6.07) is 0.875. The van der Waals surface area contributed by atoms with E-state index in [4.69, 9.17) is 5.26 Å². The van der Waals surface area contributed by atoms with Gasteiger partial charge in [-0.25, -0.2) is 0 Å². The van der Waals surface area contributed by atoms with Gasteiger partial charge in [-0.3, -0.25) is 4.57 Å². The maximum Gasteiger partial charge on any atom is 0.413 e. The van der Waals surface area contributed by atoms with E-state index >= 15 is 0 Å². The van der Waals surface area contributed by atoms with Crippen LogP contribution in [-0.2, 0) is 9.09 Å². The molecule has 0 spiro atoms. The minimum atomic E-state index is -4.76. The third kappa shape index (κ3) is 2.91. The summed E-state index contributed by atoms with van der Waals surface area (Å²) in [4.78, 5) is 0. The SMILES string of the molecule is CO[PH](=O)C(C#N)C(F)(F)F. The van der Waals surface area contributed by atoms with Crippen LogP contribution >= 0.6 is 8.03 Å². The van der Waals surface area contributed by atoms with Gasteiger partial charge in [0.15, 0.2) is 0 Å². The van der Waals surface area contributed by atoms with Crippen LogP contribution < -0.4 is 0 Å². The highest BCUT2D eigenvalue weighted by atomic mass is 31.1. The molecule has 0 aliphatic rings. The van der Waals surface area contributed by atoms with Crippen LogP contribution in [0.3, 0.4) is 0 Å². The molecule has 0 aromatic rings. The number of halogens is 3. The Morgan fingerprint density at radius 3 is 2.18 bits per heavy atom. The lowest BCUT2D eigenvalue weighted by molar-refractivity contribution is -0.121. The summed E-state index contributed by atoms with van der Waals surface area (Å²) >= 11 is 0. The second-order valence-electron chi connectivity index (χ2n) is 1.63. The van der Waals surface area contributed by atoms with Crippen molar-refractivity contribution >= 4 is 8.03 Å². The highest BCUT2D eigenvalue weighted by Crippen LogP contribution is 2.39. The molecule has 0 amide bonds. The lowest BCUT2D eigenvalue weighted by atomic mass is 10.5. The van der Waals surface area contributed by atoms with Crippen LogP contribution in [0.15, 0.2) is 0 Å². The molecule has 0 rings (SSSR count). The fraction of sp³-hybridized carbons (Fsp3) is 0.750. The molecule has 0 saturated carbocycles. The third-order valence-electron chi connectivity index (χ3n) is 0.893. The van der Waals surface area contributed by atoms with Crippen molar-refractivity contribution in [1.29, 1.82) is 5.26 Å². The first-order valence-corrected chi connectivity index (χ1v) is 3.87. The summed E-state index contributed by atoms with van der Waals surface area (Å²) in [7, 11) is -2.44. The smallest absolute Gasteiger partial charge is 0.333 e. The fourth-order valence-corrected chi connectivity index (χ4v) is 0.986. The molecule has 0 saturated heterocycles. The van der Waals surface area contributed by atoms with Gasteiger partial charge in [-0.05, 0) is 0 Å². The molecule has 64 valence electrons. The molecule has 0 aromatic carbocycles. The molecule has 0 fully saturated rings. The highest BCUT2D eigenvalue weighted by Gasteiger charge is 2.44. The van der Waals surface area contributed by atoms with Crippen LogP contribution in [0.2, 0.25) is 0 Å². The van der Waals surface area contributed by atoms with Crippen molar-refractivity contribution in [2.45, 2.75) is 11.8 Å². The number of nitrogens with zero attached hydrogens (tertiary/aromatic N) is 1. The predicted octanol–water partition coefficient (Wildman–Crippen LogP) is 1.56. The Balaban J connectivity index is 4.45. The molecule has 0 heterocycles. The zero-order chi connectivity index (χ0) is 9.07. The number of alkyl halides is 3. The quantitative estimate of drug-likeness (QED) is 0.616. The molecule has 2 atom stereocenters. The lowest BCUT2D eigenvalue weighted by Gasteiger charge is -2.10. The predicted molar refractivity (Wildman–Crippen MR) is 31.5 cm³/mol. The highest BCUT2D eigenvalue weighted by molar-refractivity contribution is 7.40. The van der Waals surface area contributed by atoms with Gasteiger partial charge in [-0.2, -0.15) is 18.4 Å². The average molecular weight is 187 g/mol. The van der Waals surface area contributed by atoms with E-state index in [1.165, 1.54) is 0 Å². The van der Waals surface area contributed by atoms with Crippen LogP contribution in [0, 0.1) is 11.3 Å². The van der Waals surface area contributed by atoms with Crippen molar-refractivity contribution in [1.82, 2.24) is 0 Å². The van der Waals surface area contributed by atoms with Crippen molar-refractivity contribution in [2.24, 2.45) is 0 Å². The topological polar surface area (TPSA) is 50.1 Å². The summed E-state index contributed by atoms with van der Waals surface area (Å²) in [5, 5.41) is 7.94. The Labute approximate surface area is 61.6 Å². The molecule has 0 radical (unpaired) electrons. The molecule has 7 heteroatoms. The van der Waals surface area contributed by atoms with Crippen molar-refractivity contribution in [3.8, 4) is 6.07 Å². The molecule has 3 nitrogen and oxygen atoms in total. The van der Waals surface area contributed by atoms with E-state index in [1.54, 1.807) is 0 Å². The second-order valence-corrected chi connectivity index (χ2v) is 3.25. The van der Waals surface area contributed by atoms with Crippen LogP contribution in [0.4, 0.5) is 13.2 Å². The van der Waals surface area contributed by atoms with Gasteiger partial charge in [0, 0.05) is 7.11 Å². The van der Waals surface area contributed by atoms with Crippen LogP contribution in [0.5, 0.6) is 0 Å². The molecule has 0 aliphatic carbocycles.